The molecule has 3 heterocycles. The number of aromatic nitrogens is 1. The fraction of sp³-hybridized carbons (Fsp3) is 0.647. The maximum Gasteiger partial charge on any atom is 0.230 e. The van der Waals surface area contributed by atoms with Gasteiger partial charge in [-0.2, -0.15) is 0 Å². The lowest BCUT2D eigenvalue weighted by molar-refractivity contribution is -0.145. The Morgan fingerprint density at radius 3 is 2.96 bits per heavy atom. The summed E-state index contributed by atoms with van der Waals surface area (Å²) in [6, 6.07) is 3.79. The molecule has 0 saturated carbocycles. The average molecular weight is 338 g/mol. The Hall–Kier alpha value is -1.33. The summed E-state index contributed by atoms with van der Waals surface area (Å²) in [5.74, 6) is 1.23. The van der Waals surface area contributed by atoms with Crippen LogP contribution < -0.4 is 4.90 Å². The van der Waals surface area contributed by atoms with E-state index in [2.05, 4.69) is 9.88 Å². The molecule has 2 fully saturated rings. The van der Waals surface area contributed by atoms with E-state index in [0.29, 0.717) is 17.5 Å². The molecular weight excluding hydrogens is 314 g/mol. The van der Waals surface area contributed by atoms with Gasteiger partial charge in [-0.3, -0.25) is 4.79 Å². The van der Waals surface area contributed by atoms with Gasteiger partial charge in [-0.1, -0.05) is 11.6 Å². The molecule has 0 unspecified atom stereocenters. The second-order valence-corrected chi connectivity index (χ2v) is 6.97. The van der Waals surface area contributed by atoms with Gasteiger partial charge in [-0.15, -0.1) is 0 Å². The third-order valence-corrected chi connectivity index (χ3v) is 5.21. The highest BCUT2D eigenvalue weighted by atomic mass is 35.5. The molecule has 3 rings (SSSR count). The van der Waals surface area contributed by atoms with Crippen molar-refractivity contribution in [1.82, 2.24) is 9.88 Å². The Labute approximate surface area is 142 Å². The zero-order valence-electron chi connectivity index (χ0n) is 13.6. The lowest BCUT2D eigenvalue weighted by Gasteiger charge is -2.39. The molecule has 2 saturated heterocycles. The van der Waals surface area contributed by atoms with Crippen molar-refractivity contribution in [2.75, 3.05) is 44.8 Å². The minimum Gasteiger partial charge on any atom is -0.385 e. The van der Waals surface area contributed by atoms with Crippen LogP contribution in [0.5, 0.6) is 0 Å². The molecule has 0 bridgehead atoms. The number of amides is 1. The summed E-state index contributed by atoms with van der Waals surface area (Å²) in [7, 11) is 1.70. The average Bonchev–Trinajstić information content (AvgIpc) is 2.98. The SMILES string of the molecule is COCCCN1CCC[C@]2(CCN(c3ccc(Cl)cn3)C2)C1=O. The van der Waals surface area contributed by atoms with E-state index in [1.165, 1.54) is 0 Å². The van der Waals surface area contributed by atoms with Crippen LogP contribution in [0, 0.1) is 5.41 Å². The van der Waals surface area contributed by atoms with Gasteiger partial charge < -0.3 is 14.5 Å². The summed E-state index contributed by atoms with van der Waals surface area (Å²) < 4.78 is 5.10. The van der Waals surface area contributed by atoms with E-state index in [0.717, 1.165) is 57.7 Å². The Bertz CT molecular complexity index is 551. The van der Waals surface area contributed by atoms with Gasteiger partial charge in [0, 0.05) is 46.1 Å². The molecule has 1 amide bonds. The number of anilines is 1. The summed E-state index contributed by atoms with van der Waals surface area (Å²) in [5, 5.41) is 0.640. The first-order chi connectivity index (χ1) is 11.1. The second kappa shape index (κ2) is 7.05. The lowest BCUT2D eigenvalue weighted by atomic mass is 9.78. The minimum absolute atomic E-state index is 0.230. The summed E-state index contributed by atoms with van der Waals surface area (Å²) in [4.78, 5) is 21.6. The second-order valence-electron chi connectivity index (χ2n) is 6.53. The van der Waals surface area contributed by atoms with Crippen molar-refractivity contribution in [3.05, 3.63) is 23.4 Å². The third-order valence-electron chi connectivity index (χ3n) is 4.99. The van der Waals surface area contributed by atoms with E-state index >= 15 is 0 Å². The number of likely N-dealkylation sites (tertiary alicyclic amines) is 1. The summed E-state index contributed by atoms with van der Waals surface area (Å²) in [6.07, 6.45) is 5.55. The molecular formula is C17H24ClN3O2. The molecule has 1 atom stereocenters. The zero-order valence-corrected chi connectivity index (χ0v) is 14.4. The molecule has 126 valence electrons. The number of carbonyl (C=O) groups is 1. The van der Waals surface area contributed by atoms with E-state index in [-0.39, 0.29) is 5.41 Å². The van der Waals surface area contributed by atoms with Crippen molar-refractivity contribution in [1.29, 1.82) is 0 Å². The number of nitrogens with zero attached hydrogens (tertiary/aromatic N) is 3. The van der Waals surface area contributed by atoms with Crippen LogP contribution in [0.1, 0.15) is 25.7 Å². The largest absolute Gasteiger partial charge is 0.385 e. The normalized spacial score (nSPS) is 24.7. The Morgan fingerprint density at radius 2 is 2.22 bits per heavy atom. The Morgan fingerprint density at radius 1 is 1.35 bits per heavy atom. The van der Waals surface area contributed by atoms with Crippen LogP contribution in [0.15, 0.2) is 18.3 Å². The van der Waals surface area contributed by atoms with Crippen molar-refractivity contribution in [2.24, 2.45) is 5.41 Å². The van der Waals surface area contributed by atoms with Crippen LogP contribution in [0.2, 0.25) is 5.02 Å². The molecule has 0 aliphatic carbocycles. The number of methoxy groups -OCH3 is 1. The molecule has 6 heteroatoms. The summed E-state index contributed by atoms with van der Waals surface area (Å²) in [5.41, 5.74) is -0.230. The number of rotatable bonds is 5. The monoisotopic (exact) mass is 337 g/mol. The maximum absolute atomic E-state index is 13.0. The number of carbonyl (C=O) groups excluding carboxylic acids is 1. The van der Waals surface area contributed by atoms with Gasteiger partial charge in [0.15, 0.2) is 0 Å². The summed E-state index contributed by atoms with van der Waals surface area (Å²) in [6.45, 7) is 4.03. The third kappa shape index (κ3) is 3.45. The van der Waals surface area contributed by atoms with Crippen molar-refractivity contribution in [3.8, 4) is 0 Å². The van der Waals surface area contributed by atoms with Crippen LogP contribution in [0.4, 0.5) is 5.82 Å². The highest BCUT2D eigenvalue weighted by Crippen LogP contribution is 2.41. The first-order valence-electron chi connectivity index (χ1n) is 8.29. The molecule has 0 aromatic carbocycles. The quantitative estimate of drug-likeness (QED) is 0.775. The predicted octanol–water partition coefficient (Wildman–Crippen LogP) is 2.59. The van der Waals surface area contributed by atoms with Crippen LogP contribution in [0.3, 0.4) is 0 Å². The maximum atomic E-state index is 13.0. The molecule has 0 N–H and O–H groups in total. The van der Waals surface area contributed by atoms with Gasteiger partial charge in [-0.25, -0.2) is 4.98 Å². The fourth-order valence-corrected chi connectivity index (χ4v) is 3.88. The van der Waals surface area contributed by atoms with E-state index in [4.69, 9.17) is 16.3 Å². The van der Waals surface area contributed by atoms with Crippen LogP contribution in [0.25, 0.3) is 0 Å². The molecule has 1 aromatic rings. The van der Waals surface area contributed by atoms with Crippen LogP contribution in [-0.2, 0) is 9.53 Å². The first kappa shape index (κ1) is 16.5. The van der Waals surface area contributed by atoms with Gasteiger partial charge in [0.2, 0.25) is 5.91 Å². The van der Waals surface area contributed by atoms with E-state index < -0.39 is 0 Å². The Kier molecular flexibility index (Phi) is 5.07. The number of hydrogen-bond acceptors (Lipinski definition) is 4. The number of piperidine rings is 1. The molecule has 1 aromatic heterocycles. The van der Waals surface area contributed by atoms with Crippen molar-refractivity contribution in [2.45, 2.75) is 25.7 Å². The van der Waals surface area contributed by atoms with E-state index in [1.54, 1.807) is 13.3 Å². The molecule has 1 spiro atoms. The minimum atomic E-state index is -0.230. The number of halogens is 1. The van der Waals surface area contributed by atoms with E-state index in [9.17, 15) is 4.79 Å². The first-order valence-corrected chi connectivity index (χ1v) is 8.67. The van der Waals surface area contributed by atoms with Gasteiger partial charge in [0.05, 0.1) is 10.4 Å². The standard InChI is InChI=1S/C17H24ClN3O2/c1-23-11-3-9-20-8-2-6-17(16(20)22)7-10-21(13-17)15-5-4-14(18)12-19-15/h4-5,12H,2-3,6-11,13H2,1H3/t17-/m1/s1. The predicted molar refractivity (Wildman–Crippen MR) is 90.8 cm³/mol. The zero-order chi connectivity index (χ0) is 16.3. The fourth-order valence-electron chi connectivity index (χ4n) is 3.77. The van der Waals surface area contributed by atoms with Gasteiger partial charge >= 0.3 is 0 Å². The molecule has 2 aliphatic heterocycles. The van der Waals surface area contributed by atoms with Crippen LogP contribution in [-0.4, -0.2) is 55.7 Å². The Balaban J connectivity index is 1.67. The topological polar surface area (TPSA) is 45.7 Å². The number of ether oxygens (including phenoxy) is 1. The molecule has 23 heavy (non-hydrogen) atoms. The summed E-state index contributed by atoms with van der Waals surface area (Å²) >= 11 is 5.91. The van der Waals surface area contributed by atoms with Crippen LogP contribution >= 0.6 is 11.6 Å². The van der Waals surface area contributed by atoms with Crippen molar-refractivity contribution < 1.29 is 9.53 Å². The van der Waals surface area contributed by atoms with Gasteiger partial charge in [-0.05, 0) is 37.8 Å². The number of pyridine rings is 1. The van der Waals surface area contributed by atoms with Crippen molar-refractivity contribution in [3.63, 3.8) is 0 Å². The smallest absolute Gasteiger partial charge is 0.230 e. The molecule has 2 aliphatic rings. The van der Waals surface area contributed by atoms with Gasteiger partial charge in [0.1, 0.15) is 5.82 Å². The number of hydrogen-bond donors (Lipinski definition) is 0. The molecule has 5 nitrogen and oxygen atoms in total. The molecule has 0 radical (unpaired) electrons. The highest BCUT2D eigenvalue weighted by molar-refractivity contribution is 6.30. The van der Waals surface area contributed by atoms with E-state index in [1.807, 2.05) is 17.0 Å². The van der Waals surface area contributed by atoms with Crippen molar-refractivity contribution >= 4 is 23.3 Å². The lowest BCUT2D eigenvalue weighted by Crippen LogP contribution is -2.50. The highest BCUT2D eigenvalue weighted by Gasteiger charge is 2.48. The van der Waals surface area contributed by atoms with Gasteiger partial charge in [0.25, 0.3) is 0 Å².